The van der Waals surface area contributed by atoms with Gasteiger partial charge in [0.2, 0.25) is 0 Å². The smallest absolute Gasteiger partial charge is 0.0595 e. The first-order valence-corrected chi connectivity index (χ1v) is 4.44. The van der Waals surface area contributed by atoms with Crippen LogP contribution in [0.3, 0.4) is 0 Å². The molecule has 71 valence electrons. The minimum atomic E-state index is 0. The van der Waals surface area contributed by atoms with Crippen molar-refractivity contribution in [1.82, 2.24) is 0 Å². The van der Waals surface area contributed by atoms with E-state index in [4.69, 9.17) is 28.7 Å². The predicted molar refractivity (Wildman–Crippen MR) is 59.9 cm³/mol. The van der Waals surface area contributed by atoms with Crippen molar-refractivity contribution in [3.63, 3.8) is 0 Å². The molecule has 3 nitrogen and oxygen atoms in total. The van der Waals surface area contributed by atoms with E-state index in [-0.39, 0.29) is 8.41 Å². The molecule has 0 bridgehead atoms. The van der Waals surface area contributed by atoms with Crippen molar-refractivity contribution in [3.8, 4) is 0 Å². The highest BCUT2D eigenvalue weighted by Gasteiger charge is 1.98. The normalized spacial score (nSPS) is 8.71. The van der Waals surface area contributed by atoms with E-state index >= 15 is 0 Å². The van der Waals surface area contributed by atoms with Gasteiger partial charge in [-0.05, 0) is 29.6 Å². The Morgan fingerprint density at radius 1 is 1.29 bits per heavy atom. The van der Waals surface area contributed by atoms with Crippen LogP contribution in [0.5, 0.6) is 0 Å². The third kappa shape index (κ3) is 3.92. The van der Waals surface area contributed by atoms with Crippen LogP contribution in [-0.2, 0) is 6.42 Å². The Morgan fingerprint density at radius 3 is 2.57 bits per heavy atom. The molecule has 0 aliphatic heterocycles. The standard InChI is InChI=1S/C8H7Cl2N3.B/c9-7-2-1-6(5-8(7)10)3-4-12-13-11;/h1-2,5H,3-4H2;. The first-order chi connectivity index (χ1) is 6.24. The number of hydrogen-bond acceptors (Lipinski definition) is 1. The van der Waals surface area contributed by atoms with Gasteiger partial charge in [0, 0.05) is 19.9 Å². The van der Waals surface area contributed by atoms with Gasteiger partial charge in [-0.2, -0.15) is 0 Å². The summed E-state index contributed by atoms with van der Waals surface area (Å²) in [6.45, 7) is 0.439. The van der Waals surface area contributed by atoms with E-state index in [0.29, 0.717) is 23.0 Å². The lowest BCUT2D eigenvalue weighted by molar-refractivity contribution is 0.956. The van der Waals surface area contributed by atoms with Crippen molar-refractivity contribution >= 4 is 31.6 Å². The molecule has 0 heterocycles. The van der Waals surface area contributed by atoms with Gasteiger partial charge in [-0.1, -0.05) is 34.4 Å². The van der Waals surface area contributed by atoms with Gasteiger partial charge in [-0.25, -0.2) is 0 Å². The molecule has 1 aromatic rings. The molecule has 14 heavy (non-hydrogen) atoms. The van der Waals surface area contributed by atoms with Crippen molar-refractivity contribution in [2.75, 3.05) is 6.54 Å². The molecule has 0 aromatic heterocycles. The maximum atomic E-state index is 8.05. The van der Waals surface area contributed by atoms with Crippen molar-refractivity contribution in [2.45, 2.75) is 6.42 Å². The van der Waals surface area contributed by atoms with Crippen LogP contribution in [0, 0.1) is 0 Å². The third-order valence-corrected chi connectivity index (χ3v) is 2.29. The summed E-state index contributed by atoms with van der Waals surface area (Å²) in [6.07, 6.45) is 0.681. The molecule has 0 N–H and O–H groups in total. The second-order valence-corrected chi connectivity index (χ2v) is 3.27. The van der Waals surface area contributed by atoms with Gasteiger partial charge in [-0.3, -0.25) is 0 Å². The molecule has 0 saturated carbocycles. The fraction of sp³-hybridized carbons (Fsp3) is 0.250. The maximum Gasteiger partial charge on any atom is 0.0595 e. The van der Waals surface area contributed by atoms with Crippen LogP contribution in [0.1, 0.15) is 5.56 Å². The molecule has 0 unspecified atom stereocenters. The van der Waals surface area contributed by atoms with Gasteiger partial charge in [0.25, 0.3) is 0 Å². The lowest BCUT2D eigenvalue weighted by Gasteiger charge is -1.99. The predicted octanol–water partition coefficient (Wildman–Crippen LogP) is 3.47. The van der Waals surface area contributed by atoms with Gasteiger partial charge in [0.15, 0.2) is 0 Å². The third-order valence-electron chi connectivity index (χ3n) is 1.55. The summed E-state index contributed by atoms with van der Waals surface area (Å²) in [7, 11) is 0. The molecule has 0 spiro atoms. The summed E-state index contributed by atoms with van der Waals surface area (Å²) in [6, 6.07) is 5.37. The van der Waals surface area contributed by atoms with Gasteiger partial charge in [0.1, 0.15) is 0 Å². The molecule has 0 aliphatic rings. The SMILES string of the molecule is [B].[N-]=[N+]=NCCc1ccc(Cl)c(Cl)c1. The summed E-state index contributed by atoms with van der Waals surface area (Å²) in [4.78, 5) is 2.66. The molecule has 3 radical (unpaired) electrons. The average Bonchev–Trinajstić information content (AvgIpc) is 2.12. The fourth-order valence-corrected chi connectivity index (χ4v) is 1.24. The fourth-order valence-electron chi connectivity index (χ4n) is 0.919. The molecule has 6 heteroatoms. The first-order valence-electron chi connectivity index (χ1n) is 3.69. The molecule has 1 aromatic carbocycles. The Kier molecular flexibility index (Phi) is 6.21. The number of halogens is 2. The van der Waals surface area contributed by atoms with Crippen molar-refractivity contribution in [1.29, 1.82) is 0 Å². The highest BCUT2D eigenvalue weighted by Crippen LogP contribution is 2.22. The zero-order chi connectivity index (χ0) is 9.68. The Labute approximate surface area is 94.2 Å². The van der Waals surface area contributed by atoms with Crippen LogP contribution in [0.2, 0.25) is 10.0 Å². The quantitative estimate of drug-likeness (QED) is 0.328. The molecule has 0 fully saturated rings. The lowest BCUT2D eigenvalue weighted by atomic mass is 10.1. The van der Waals surface area contributed by atoms with Crippen LogP contribution in [0.15, 0.2) is 23.3 Å². The molecule has 1 rings (SSSR count). The Hall–Kier alpha value is -0.825. The average molecular weight is 227 g/mol. The highest BCUT2D eigenvalue weighted by atomic mass is 35.5. The van der Waals surface area contributed by atoms with Crippen molar-refractivity contribution < 1.29 is 0 Å². The van der Waals surface area contributed by atoms with Gasteiger partial charge in [-0.15, -0.1) is 0 Å². The van der Waals surface area contributed by atoms with Crippen LogP contribution in [-0.4, -0.2) is 15.0 Å². The minimum absolute atomic E-state index is 0. The van der Waals surface area contributed by atoms with Gasteiger partial charge >= 0.3 is 0 Å². The number of hydrogen-bond donors (Lipinski definition) is 0. The summed E-state index contributed by atoms with van der Waals surface area (Å²) < 4.78 is 0. The molecule has 0 saturated heterocycles. The van der Waals surface area contributed by atoms with Crippen LogP contribution >= 0.6 is 23.2 Å². The molecular weight excluding hydrogens is 220 g/mol. The van der Waals surface area contributed by atoms with Crippen molar-refractivity contribution in [2.24, 2.45) is 5.11 Å². The zero-order valence-electron chi connectivity index (χ0n) is 7.32. The second kappa shape index (κ2) is 6.60. The molecule has 0 amide bonds. The molecule has 0 aliphatic carbocycles. The topological polar surface area (TPSA) is 48.8 Å². The first kappa shape index (κ1) is 13.2. The van der Waals surface area contributed by atoms with Crippen LogP contribution in [0.25, 0.3) is 10.4 Å². The summed E-state index contributed by atoms with van der Waals surface area (Å²) >= 11 is 11.5. The van der Waals surface area contributed by atoms with E-state index in [1.165, 1.54) is 0 Å². The molecular formula is C8H7BCl2N3. The van der Waals surface area contributed by atoms with Crippen LogP contribution < -0.4 is 0 Å². The zero-order valence-corrected chi connectivity index (χ0v) is 8.83. The second-order valence-electron chi connectivity index (χ2n) is 2.45. The summed E-state index contributed by atoms with van der Waals surface area (Å²) in [5.41, 5.74) is 9.07. The highest BCUT2D eigenvalue weighted by molar-refractivity contribution is 6.42. The Morgan fingerprint density at radius 2 is 2.00 bits per heavy atom. The van der Waals surface area contributed by atoms with Gasteiger partial charge < -0.3 is 0 Å². The van der Waals surface area contributed by atoms with E-state index in [0.717, 1.165) is 5.56 Å². The largest absolute Gasteiger partial charge is 0.0936 e. The number of benzene rings is 1. The van der Waals surface area contributed by atoms with E-state index in [1.54, 1.807) is 12.1 Å². The van der Waals surface area contributed by atoms with E-state index in [1.807, 2.05) is 6.07 Å². The van der Waals surface area contributed by atoms with E-state index < -0.39 is 0 Å². The maximum absolute atomic E-state index is 8.05. The molecule has 0 atom stereocenters. The summed E-state index contributed by atoms with van der Waals surface area (Å²) in [5, 5.41) is 4.49. The number of rotatable bonds is 3. The lowest BCUT2D eigenvalue weighted by Crippen LogP contribution is -1.87. The Bertz CT molecular complexity index is 350. The monoisotopic (exact) mass is 226 g/mol. The summed E-state index contributed by atoms with van der Waals surface area (Å²) in [5.74, 6) is 0. The number of nitrogens with zero attached hydrogens (tertiary/aromatic N) is 3. The minimum Gasteiger partial charge on any atom is -0.0936 e. The number of azide groups is 1. The van der Waals surface area contributed by atoms with E-state index in [9.17, 15) is 0 Å². The Balaban J connectivity index is 0.00000169. The van der Waals surface area contributed by atoms with Crippen molar-refractivity contribution in [3.05, 3.63) is 44.3 Å². The van der Waals surface area contributed by atoms with Gasteiger partial charge in [0.05, 0.1) is 10.0 Å². The van der Waals surface area contributed by atoms with Crippen LogP contribution in [0.4, 0.5) is 0 Å². The van der Waals surface area contributed by atoms with E-state index in [2.05, 4.69) is 10.0 Å².